The van der Waals surface area contributed by atoms with Crippen LogP contribution in [0.1, 0.15) is 0 Å². The molecule has 0 spiro atoms. The molecule has 0 saturated carbocycles. The van der Waals surface area contributed by atoms with Crippen molar-refractivity contribution in [1.82, 2.24) is 3.97 Å². The summed E-state index contributed by atoms with van der Waals surface area (Å²) < 4.78 is 41.4. The summed E-state index contributed by atoms with van der Waals surface area (Å²) in [5.41, 5.74) is 1.29. The SMILES string of the molecule is O=C(CCl)Nc1ccc(-c2cn(S(=O)(=O)c3ccccc3)c3cc(F)ccc23)cc1O. The molecule has 2 N–H and O–H groups in total. The Kier molecular flexibility index (Phi) is 5.43. The van der Waals surface area contributed by atoms with Crippen LogP contribution in [0.15, 0.2) is 77.8 Å². The fourth-order valence-electron chi connectivity index (χ4n) is 3.29. The topological polar surface area (TPSA) is 88.4 Å². The van der Waals surface area contributed by atoms with Crippen molar-refractivity contribution in [2.24, 2.45) is 0 Å². The summed E-state index contributed by atoms with van der Waals surface area (Å²) in [6.45, 7) is 0. The third kappa shape index (κ3) is 3.87. The predicted molar refractivity (Wildman–Crippen MR) is 117 cm³/mol. The maximum atomic E-state index is 14.0. The van der Waals surface area contributed by atoms with Crippen LogP contribution in [0.25, 0.3) is 22.0 Å². The van der Waals surface area contributed by atoms with Gasteiger partial charge in [-0.1, -0.05) is 24.3 Å². The molecule has 31 heavy (non-hydrogen) atoms. The fraction of sp³-hybridized carbons (Fsp3) is 0.0455. The van der Waals surface area contributed by atoms with E-state index in [1.807, 2.05) is 0 Å². The summed E-state index contributed by atoms with van der Waals surface area (Å²) in [4.78, 5) is 11.5. The molecule has 158 valence electrons. The van der Waals surface area contributed by atoms with E-state index in [4.69, 9.17) is 11.6 Å². The van der Waals surface area contributed by atoms with Crippen LogP contribution in [0.5, 0.6) is 5.75 Å². The Hall–Kier alpha value is -3.36. The maximum Gasteiger partial charge on any atom is 0.268 e. The molecule has 9 heteroatoms. The van der Waals surface area contributed by atoms with Gasteiger partial charge in [0, 0.05) is 17.1 Å². The molecule has 0 radical (unpaired) electrons. The number of halogens is 2. The average Bonchev–Trinajstić information content (AvgIpc) is 3.15. The highest BCUT2D eigenvalue weighted by Gasteiger charge is 2.22. The molecule has 0 aliphatic carbocycles. The molecule has 6 nitrogen and oxygen atoms in total. The third-order valence-corrected chi connectivity index (χ3v) is 6.67. The highest BCUT2D eigenvalue weighted by molar-refractivity contribution is 7.90. The summed E-state index contributed by atoms with van der Waals surface area (Å²) in [7, 11) is -3.99. The number of nitrogens with one attached hydrogen (secondary N) is 1. The van der Waals surface area contributed by atoms with Crippen molar-refractivity contribution in [3.8, 4) is 16.9 Å². The Labute approximate surface area is 182 Å². The van der Waals surface area contributed by atoms with Gasteiger partial charge in [0.05, 0.1) is 16.1 Å². The molecule has 0 fully saturated rings. The van der Waals surface area contributed by atoms with Crippen molar-refractivity contribution in [2.75, 3.05) is 11.2 Å². The first-order valence-corrected chi connectivity index (χ1v) is 11.1. The predicted octanol–water partition coefficient (Wildman–Crippen LogP) is 4.57. The van der Waals surface area contributed by atoms with Crippen LogP contribution in [0, 0.1) is 5.82 Å². The zero-order valence-corrected chi connectivity index (χ0v) is 17.5. The van der Waals surface area contributed by atoms with Crippen molar-refractivity contribution in [2.45, 2.75) is 4.90 Å². The summed E-state index contributed by atoms with van der Waals surface area (Å²) in [5.74, 6) is -1.54. The summed E-state index contributed by atoms with van der Waals surface area (Å²) in [6, 6.07) is 16.2. The molecule has 3 aromatic carbocycles. The number of nitrogens with zero attached hydrogens (tertiary/aromatic N) is 1. The van der Waals surface area contributed by atoms with Crippen molar-refractivity contribution in [1.29, 1.82) is 0 Å². The minimum absolute atomic E-state index is 0.0599. The van der Waals surface area contributed by atoms with E-state index in [1.54, 1.807) is 24.3 Å². The quantitative estimate of drug-likeness (QED) is 0.339. The van der Waals surface area contributed by atoms with Crippen LogP contribution in [0.2, 0.25) is 0 Å². The summed E-state index contributed by atoms with van der Waals surface area (Å²) >= 11 is 5.47. The fourth-order valence-corrected chi connectivity index (χ4v) is 4.74. The van der Waals surface area contributed by atoms with Gasteiger partial charge < -0.3 is 10.4 Å². The van der Waals surface area contributed by atoms with Crippen molar-refractivity contribution < 1.29 is 22.7 Å². The first-order valence-electron chi connectivity index (χ1n) is 9.11. The molecule has 0 bridgehead atoms. The van der Waals surface area contributed by atoms with Gasteiger partial charge in [0.15, 0.2) is 0 Å². The maximum absolute atomic E-state index is 14.0. The smallest absolute Gasteiger partial charge is 0.268 e. The molecule has 4 rings (SSSR count). The minimum Gasteiger partial charge on any atom is -0.506 e. The molecule has 1 amide bonds. The number of aromatic hydroxyl groups is 1. The van der Waals surface area contributed by atoms with Crippen molar-refractivity contribution in [3.63, 3.8) is 0 Å². The number of hydrogen-bond donors (Lipinski definition) is 2. The second-order valence-electron chi connectivity index (χ2n) is 6.73. The van der Waals surface area contributed by atoms with Crippen molar-refractivity contribution >= 4 is 44.1 Å². The Morgan fingerprint density at radius 2 is 1.81 bits per heavy atom. The molecule has 4 aromatic rings. The molecule has 0 unspecified atom stereocenters. The molecular weight excluding hydrogens is 443 g/mol. The first-order chi connectivity index (χ1) is 14.8. The normalized spacial score (nSPS) is 11.5. The van der Waals surface area contributed by atoms with Crippen LogP contribution in [0.4, 0.5) is 10.1 Å². The number of amides is 1. The molecule has 0 aliphatic heterocycles. The Bertz CT molecular complexity index is 1400. The average molecular weight is 459 g/mol. The van der Waals surface area contributed by atoms with Crippen LogP contribution in [0.3, 0.4) is 0 Å². The third-order valence-electron chi connectivity index (χ3n) is 4.74. The second-order valence-corrected chi connectivity index (χ2v) is 8.81. The lowest BCUT2D eigenvalue weighted by Crippen LogP contribution is -2.12. The number of benzene rings is 3. The van der Waals surface area contributed by atoms with E-state index in [0.717, 1.165) is 10.0 Å². The zero-order valence-electron chi connectivity index (χ0n) is 15.9. The number of alkyl halides is 1. The number of rotatable bonds is 5. The van der Waals surface area contributed by atoms with E-state index < -0.39 is 21.7 Å². The van der Waals surface area contributed by atoms with E-state index in [-0.39, 0.29) is 27.7 Å². The van der Waals surface area contributed by atoms with Gasteiger partial charge in [0.25, 0.3) is 10.0 Å². The number of phenols is 1. The lowest BCUT2D eigenvalue weighted by atomic mass is 10.0. The number of phenolic OH excluding ortho intramolecular Hbond substituents is 1. The van der Waals surface area contributed by atoms with Gasteiger partial charge in [-0.2, -0.15) is 0 Å². The number of carbonyl (C=O) groups excluding carboxylic acids is 1. The Morgan fingerprint density at radius 3 is 2.48 bits per heavy atom. The Morgan fingerprint density at radius 1 is 1.06 bits per heavy atom. The molecule has 1 aromatic heterocycles. The van der Waals surface area contributed by atoms with Gasteiger partial charge in [-0.3, -0.25) is 4.79 Å². The van der Waals surface area contributed by atoms with Crippen molar-refractivity contribution in [3.05, 3.63) is 78.7 Å². The van der Waals surface area contributed by atoms with Crippen LogP contribution < -0.4 is 5.32 Å². The molecule has 0 saturated heterocycles. The summed E-state index contributed by atoms with van der Waals surface area (Å²) in [5, 5.41) is 13.3. The van der Waals surface area contributed by atoms with E-state index >= 15 is 0 Å². The lowest BCUT2D eigenvalue weighted by Gasteiger charge is -2.08. The largest absolute Gasteiger partial charge is 0.506 e. The van der Waals surface area contributed by atoms with Gasteiger partial charge >= 0.3 is 0 Å². The monoisotopic (exact) mass is 458 g/mol. The zero-order chi connectivity index (χ0) is 22.2. The standard InChI is InChI=1S/C22H16ClFN2O4S/c23-12-22(28)25-19-9-6-14(10-21(19)27)18-13-26(20-11-15(24)7-8-17(18)20)31(29,30)16-4-2-1-3-5-16/h1-11,13,27H,12H2,(H,25,28). The van der Waals surface area contributed by atoms with Crippen LogP contribution >= 0.6 is 11.6 Å². The molecule has 0 aliphatic rings. The van der Waals surface area contributed by atoms with Crippen LogP contribution in [-0.2, 0) is 14.8 Å². The Balaban J connectivity index is 1.89. The highest BCUT2D eigenvalue weighted by atomic mass is 35.5. The number of fused-ring (bicyclic) bond motifs is 1. The van der Waals surface area contributed by atoms with Crippen LogP contribution in [-0.4, -0.2) is 29.3 Å². The number of aromatic nitrogens is 1. The number of carbonyl (C=O) groups is 1. The second kappa shape index (κ2) is 8.05. The van der Waals surface area contributed by atoms with E-state index in [1.165, 1.54) is 42.6 Å². The van der Waals surface area contributed by atoms with Gasteiger partial charge in [-0.25, -0.2) is 16.8 Å². The molecule has 0 atom stereocenters. The number of hydrogen-bond acceptors (Lipinski definition) is 4. The van der Waals surface area contributed by atoms with Gasteiger partial charge in [0.2, 0.25) is 5.91 Å². The number of anilines is 1. The molecule has 1 heterocycles. The molecular formula is C22H16ClFN2O4S. The van der Waals surface area contributed by atoms with E-state index in [0.29, 0.717) is 16.5 Å². The highest BCUT2D eigenvalue weighted by Crippen LogP contribution is 2.36. The van der Waals surface area contributed by atoms with E-state index in [2.05, 4.69) is 5.32 Å². The lowest BCUT2D eigenvalue weighted by molar-refractivity contribution is -0.113. The van der Waals surface area contributed by atoms with E-state index in [9.17, 15) is 22.7 Å². The van der Waals surface area contributed by atoms with Gasteiger partial charge in [-0.15, -0.1) is 11.6 Å². The minimum atomic E-state index is -3.99. The first kappa shape index (κ1) is 20.9. The summed E-state index contributed by atoms with van der Waals surface area (Å²) in [6.07, 6.45) is 1.39. The van der Waals surface area contributed by atoms with Gasteiger partial charge in [-0.05, 0) is 48.0 Å². The van der Waals surface area contributed by atoms with Gasteiger partial charge in [0.1, 0.15) is 17.4 Å².